The van der Waals surface area contributed by atoms with Gasteiger partial charge in [0.2, 0.25) is 0 Å². The molecule has 2 heterocycles. The first-order valence-electron chi connectivity index (χ1n) is 6.83. The lowest BCUT2D eigenvalue weighted by atomic mass is 10.2. The quantitative estimate of drug-likeness (QED) is 0.653. The van der Waals surface area contributed by atoms with Crippen LogP contribution in [0.5, 0.6) is 0 Å². The summed E-state index contributed by atoms with van der Waals surface area (Å²) in [5.41, 5.74) is 3.32. The van der Waals surface area contributed by atoms with E-state index in [2.05, 4.69) is 35.4 Å². The van der Waals surface area contributed by atoms with Crippen LogP contribution in [-0.4, -0.2) is 30.8 Å². The monoisotopic (exact) mass is 298 g/mol. The van der Waals surface area contributed by atoms with Gasteiger partial charge in [-0.15, -0.1) is 0 Å². The maximum atomic E-state index is 5.49. The standard InChI is InChI=1S/C13H22N4S2/c1-5-10-11-12(16(4)15-10)17(13(18)14-11)9(3)7-8-19-6-2/h9H,5-8H2,1-4H3,(H,14,18). The van der Waals surface area contributed by atoms with Crippen LogP contribution in [0.15, 0.2) is 0 Å². The Hall–Kier alpha value is -0.750. The summed E-state index contributed by atoms with van der Waals surface area (Å²) in [6.07, 6.45) is 2.05. The molecule has 19 heavy (non-hydrogen) atoms. The minimum absolute atomic E-state index is 0.403. The SMILES string of the molecule is CCSCCC(C)n1c(=S)[nH]c2c(CC)nn(C)c21. The fraction of sp³-hybridized carbons (Fsp3) is 0.692. The molecular weight excluding hydrogens is 276 g/mol. The van der Waals surface area contributed by atoms with Gasteiger partial charge in [-0.3, -0.25) is 9.25 Å². The molecule has 0 radical (unpaired) electrons. The van der Waals surface area contributed by atoms with Crippen molar-refractivity contribution in [2.75, 3.05) is 11.5 Å². The molecule has 6 heteroatoms. The number of nitrogens with zero attached hydrogens (tertiary/aromatic N) is 3. The van der Waals surface area contributed by atoms with Crippen molar-refractivity contribution < 1.29 is 0 Å². The smallest absolute Gasteiger partial charge is 0.179 e. The number of nitrogens with one attached hydrogen (secondary N) is 1. The summed E-state index contributed by atoms with van der Waals surface area (Å²) in [5, 5.41) is 4.56. The number of hydrogen-bond acceptors (Lipinski definition) is 3. The van der Waals surface area contributed by atoms with E-state index in [1.54, 1.807) is 0 Å². The summed E-state index contributed by atoms with van der Waals surface area (Å²) in [7, 11) is 1.99. The molecule has 1 unspecified atom stereocenters. The number of imidazole rings is 1. The van der Waals surface area contributed by atoms with Crippen LogP contribution >= 0.6 is 24.0 Å². The number of aromatic amines is 1. The Bertz CT molecular complexity index is 608. The third-order valence-electron chi connectivity index (χ3n) is 3.43. The van der Waals surface area contributed by atoms with Crippen molar-refractivity contribution >= 4 is 35.1 Å². The van der Waals surface area contributed by atoms with Crippen LogP contribution in [0.2, 0.25) is 0 Å². The maximum absolute atomic E-state index is 5.49. The fourth-order valence-corrected chi connectivity index (χ4v) is 3.59. The highest BCUT2D eigenvalue weighted by Crippen LogP contribution is 2.24. The molecule has 0 saturated carbocycles. The number of aryl methyl sites for hydroxylation is 2. The van der Waals surface area contributed by atoms with Gasteiger partial charge < -0.3 is 4.98 Å². The highest BCUT2D eigenvalue weighted by Gasteiger charge is 2.17. The average molecular weight is 298 g/mol. The Morgan fingerprint density at radius 1 is 1.42 bits per heavy atom. The molecule has 0 fully saturated rings. The van der Waals surface area contributed by atoms with E-state index in [1.807, 2.05) is 23.5 Å². The zero-order valence-electron chi connectivity index (χ0n) is 12.1. The number of thioether (sulfide) groups is 1. The van der Waals surface area contributed by atoms with E-state index in [4.69, 9.17) is 12.2 Å². The predicted octanol–water partition coefficient (Wildman–Crippen LogP) is 3.70. The fourth-order valence-electron chi connectivity index (χ4n) is 2.42. The Labute approximate surface area is 123 Å². The lowest BCUT2D eigenvalue weighted by Crippen LogP contribution is -2.09. The topological polar surface area (TPSA) is 38.5 Å². The van der Waals surface area contributed by atoms with Crippen LogP contribution in [0.25, 0.3) is 11.2 Å². The number of aromatic nitrogens is 4. The largest absolute Gasteiger partial charge is 0.328 e. The third-order valence-corrected chi connectivity index (χ3v) is 4.66. The Morgan fingerprint density at radius 2 is 2.16 bits per heavy atom. The van der Waals surface area contributed by atoms with Crippen molar-refractivity contribution in [3.05, 3.63) is 10.5 Å². The summed E-state index contributed by atoms with van der Waals surface area (Å²) in [6, 6.07) is 0.403. The second-order valence-electron chi connectivity index (χ2n) is 4.76. The molecular formula is C13H22N4S2. The highest BCUT2D eigenvalue weighted by molar-refractivity contribution is 7.99. The summed E-state index contributed by atoms with van der Waals surface area (Å²) >= 11 is 7.47. The van der Waals surface area contributed by atoms with Gasteiger partial charge in [0, 0.05) is 13.1 Å². The lowest BCUT2D eigenvalue weighted by Gasteiger charge is -2.14. The molecule has 2 aromatic heterocycles. The zero-order chi connectivity index (χ0) is 14.0. The lowest BCUT2D eigenvalue weighted by molar-refractivity contribution is 0.529. The van der Waals surface area contributed by atoms with Crippen LogP contribution in [0, 0.1) is 4.77 Å². The molecule has 0 aromatic carbocycles. The number of rotatable bonds is 6. The molecule has 0 aliphatic heterocycles. The Balaban J connectivity index is 2.39. The number of hydrogen-bond donors (Lipinski definition) is 1. The van der Waals surface area contributed by atoms with Crippen LogP contribution in [0.4, 0.5) is 0 Å². The van der Waals surface area contributed by atoms with E-state index in [9.17, 15) is 0 Å². The first-order valence-corrected chi connectivity index (χ1v) is 8.40. The maximum Gasteiger partial charge on any atom is 0.179 e. The van der Waals surface area contributed by atoms with E-state index < -0.39 is 0 Å². The van der Waals surface area contributed by atoms with Crippen molar-refractivity contribution in [1.82, 2.24) is 19.3 Å². The van der Waals surface area contributed by atoms with Gasteiger partial charge in [-0.25, -0.2) is 0 Å². The highest BCUT2D eigenvalue weighted by atomic mass is 32.2. The van der Waals surface area contributed by atoms with Gasteiger partial charge in [0.05, 0.1) is 5.69 Å². The predicted molar refractivity (Wildman–Crippen MR) is 85.6 cm³/mol. The summed E-state index contributed by atoms with van der Waals surface area (Å²) in [4.78, 5) is 3.33. The van der Waals surface area contributed by atoms with E-state index in [0.29, 0.717) is 6.04 Å². The molecule has 0 bridgehead atoms. The molecule has 0 aliphatic carbocycles. The third kappa shape index (κ3) is 2.74. The normalized spacial score (nSPS) is 13.3. The van der Waals surface area contributed by atoms with Crippen LogP contribution < -0.4 is 0 Å². The molecule has 2 rings (SSSR count). The first-order chi connectivity index (χ1) is 9.10. The molecule has 0 saturated heterocycles. The van der Waals surface area contributed by atoms with E-state index in [1.165, 1.54) is 11.5 Å². The van der Waals surface area contributed by atoms with Crippen LogP contribution in [0.1, 0.15) is 38.9 Å². The van der Waals surface area contributed by atoms with Crippen molar-refractivity contribution in [2.45, 2.75) is 39.7 Å². The summed E-state index contributed by atoms with van der Waals surface area (Å²) in [6.45, 7) is 6.55. The van der Waals surface area contributed by atoms with Gasteiger partial charge in [0.15, 0.2) is 10.4 Å². The molecule has 0 spiro atoms. The van der Waals surface area contributed by atoms with Crippen molar-refractivity contribution in [3.63, 3.8) is 0 Å². The van der Waals surface area contributed by atoms with Gasteiger partial charge in [-0.05, 0) is 43.5 Å². The van der Waals surface area contributed by atoms with Crippen molar-refractivity contribution in [1.29, 1.82) is 0 Å². The minimum Gasteiger partial charge on any atom is -0.328 e. The molecule has 1 atom stereocenters. The zero-order valence-corrected chi connectivity index (χ0v) is 13.7. The van der Waals surface area contributed by atoms with Gasteiger partial charge >= 0.3 is 0 Å². The molecule has 0 amide bonds. The number of fused-ring (bicyclic) bond motifs is 1. The molecule has 1 N–H and O–H groups in total. The first kappa shape index (κ1) is 14.7. The second-order valence-corrected chi connectivity index (χ2v) is 6.54. The molecule has 4 nitrogen and oxygen atoms in total. The van der Waals surface area contributed by atoms with Crippen LogP contribution in [-0.2, 0) is 13.5 Å². The molecule has 2 aromatic rings. The van der Waals surface area contributed by atoms with Gasteiger partial charge in [-0.2, -0.15) is 16.9 Å². The van der Waals surface area contributed by atoms with E-state index in [-0.39, 0.29) is 0 Å². The van der Waals surface area contributed by atoms with Gasteiger partial charge in [0.1, 0.15) is 5.52 Å². The number of H-pyrrole nitrogens is 1. The minimum atomic E-state index is 0.403. The molecule has 0 aliphatic rings. The van der Waals surface area contributed by atoms with Crippen LogP contribution in [0.3, 0.4) is 0 Å². The van der Waals surface area contributed by atoms with E-state index >= 15 is 0 Å². The molecule has 106 valence electrons. The van der Waals surface area contributed by atoms with Crippen molar-refractivity contribution in [3.8, 4) is 0 Å². The van der Waals surface area contributed by atoms with Gasteiger partial charge in [0.25, 0.3) is 0 Å². The summed E-state index contributed by atoms with van der Waals surface area (Å²) in [5.74, 6) is 2.34. The Kier molecular flexibility index (Phi) is 4.73. The van der Waals surface area contributed by atoms with E-state index in [0.717, 1.165) is 34.5 Å². The summed E-state index contributed by atoms with van der Waals surface area (Å²) < 4.78 is 4.98. The average Bonchev–Trinajstić information content (AvgIpc) is 2.86. The van der Waals surface area contributed by atoms with Crippen molar-refractivity contribution in [2.24, 2.45) is 7.05 Å². The second kappa shape index (κ2) is 6.13. The Morgan fingerprint density at radius 3 is 2.79 bits per heavy atom. The van der Waals surface area contributed by atoms with Gasteiger partial charge in [-0.1, -0.05) is 13.8 Å².